The quantitative estimate of drug-likeness (QED) is 0.817. The van der Waals surface area contributed by atoms with Crippen molar-refractivity contribution in [1.82, 2.24) is 5.32 Å². The van der Waals surface area contributed by atoms with Gasteiger partial charge in [0.25, 0.3) is 0 Å². The van der Waals surface area contributed by atoms with Crippen LogP contribution in [-0.4, -0.2) is 30.1 Å². The van der Waals surface area contributed by atoms with E-state index in [1.165, 1.54) is 0 Å². The number of methoxy groups -OCH3 is 1. The number of aliphatic carboxylic acids is 1. The molecule has 1 aromatic rings. The van der Waals surface area contributed by atoms with Crippen LogP contribution in [-0.2, 0) is 16.0 Å². The summed E-state index contributed by atoms with van der Waals surface area (Å²) < 4.78 is 5.27. The van der Waals surface area contributed by atoms with Crippen molar-refractivity contribution in [2.45, 2.75) is 32.7 Å². The SMILES string of the molecule is COc1c(C)cccc1CC(=O)NC(C)CC(=O)O. The number of carbonyl (C=O) groups excluding carboxylic acids is 1. The molecule has 0 aliphatic heterocycles. The standard InChI is InChI=1S/C14H19NO4/c1-9-5-4-6-11(14(9)19-3)8-12(16)15-10(2)7-13(17)18/h4-6,10H,7-8H2,1-3H3,(H,15,16)(H,17,18). The molecule has 1 amide bonds. The molecule has 0 aromatic heterocycles. The van der Waals surface area contributed by atoms with Gasteiger partial charge in [-0.05, 0) is 19.4 Å². The van der Waals surface area contributed by atoms with E-state index >= 15 is 0 Å². The van der Waals surface area contributed by atoms with Crippen molar-refractivity contribution >= 4 is 11.9 Å². The average molecular weight is 265 g/mol. The zero-order chi connectivity index (χ0) is 14.4. The molecule has 0 saturated carbocycles. The van der Waals surface area contributed by atoms with Crippen LogP contribution in [0.2, 0.25) is 0 Å². The predicted octanol–water partition coefficient (Wildman–Crippen LogP) is 1.53. The smallest absolute Gasteiger partial charge is 0.305 e. The maximum atomic E-state index is 11.8. The van der Waals surface area contributed by atoms with Gasteiger partial charge in [0, 0.05) is 11.6 Å². The number of carboxylic acid groups (broad SMARTS) is 1. The number of aryl methyl sites for hydroxylation is 1. The van der Waals surface area contributed by atoms with Gasteiger partial charge in [-0.25, -0.2) is 0 Å². The van der Waals surface area contributed by atoms with Crippen molar-refractivity contribution in [2.24, 2.45) is 0 Å². The molecule has 0 aliphatic carbocycles. The van der Waals surface area contributed by atoms with Crippen molar-refractivity contribution in [2.75, 3.05) is 7.11 Å². The summed E-state index contributed by atoms with van der Waals surface area (Å²) in [5, 5.41) is 11.3. The zero-order valence-electron chi connectivity index (χ0n) is 11.4. The summed E-state index contributed by atoms with van der Waals surface area (Å²) in [7, 11) is 1.57. The van der Waals surface area contributed by atoms with Crippen LogP contribution in [0, 0.1) is 6.92 Å². The number of para-hydroxylation sites is 1. The molecular formula is C14H19NO4. The molecular weight excluding hydrogens is 246 g/mol. The normalized spacial score (nSPS) is 11.7. The first kappa shape index (κ1) is 15.0. The minimum atomic E-state index is -0.930. The van der Waals surface area contributed by atoms with Crippen LogP contribution < -0.4 is 10.1 Å². The van der Waals surface area contributed by atoms with Crippen molar-refractivity contribution in [3.8, 4) is 5.75 Å². The summed E-state index contributed by atoms with van der Waals surface area (Å²) in [6, 6.07) is 5.21. The second-order valence-electron chi connectivity index (χ2n) is 4.51. The number of hydrogen-bond acceptors (Lipinski definition) is 3. The molecule has 1 unspecified atom stereocenters. The Hall–Kier alpha value is -2.04. The summed E-state index contributed by atoms with van der Waals surface area (Å²) in [4.78, 5) is 22.3. The highest BCUT2D eigenvalue weighted by Crippen LogP contribution is 2.23. The molecule has 1 atom stereocenters. The molecule has 0 spiro atoms. The van der Waals surface area contributed by atoms with Crippen LogP contribution in [0.15, 0.2) is 18.2 Å². The van der Waals surface area contributed by atoms with Gasteiger partial charge in [0.2, 0.25) is 5.91 Å². The number of nitrogens with one attached hydrogen (secondary N) is 1. The Labute approximate surface area is 112 Å². The van der Waals surface area contributed by atoms with Gasteiger partial charge in [-0.2, -0.15) is 0 Å². The highest BCUT2D eigenvalue weighted by atomic mass is 16.5. The van der Waals surface area contributed by atoms with E-state index in [0.29, 0.717) is 5.75 Å². The third-order valence-corrected chi connectivity index (χ3v) is 2.74. The van der Waals surface area contributed by atoms with E-state index in [1.807, 2.05) is 25.1 Å². The number of ether oxygens (including phenoxy) is 1. The van der Waals surface area contributed by atoms with Gasteiger partial charge in [-0.1, -0.05) is 18.2 Å². The lowest BCUT2D eigenvalue weighted by atomic mass is 10.1. The molecule has 0 aliphatic rings. The number of amides is 1. The molecule has 1 rings (SSSR count). The number of rotatable bonds is 6. The largest absolute Gasteiger partial charge is 0.496 e. The molecule has 5 heteroatoms. The van der Waals surface area contributed by atoms with Crippen molar-refractivity contribution in [1.29, 1.82) is 0 Å². The molecule has 19 heavy (non-hydrogen) atoms. The van der Waals surface area contributed by atoms with Crippen LogP contribution in [0.1, 0.15) is 24.5 Å². The van der Waals surface area contributed by atoms with E-state index in [1.54, 1.807) is 14.0 Å². The lowest BCUT2D eigenvalue weighted by Crippen LogP contribution is -2.35. The molecule has 0 heterocycles. The third kappa shape index (κ3) is 4.62. The zero-order valence-corrected chi connectivity index (χ0v) is 11.4. The number of carbonyl (C=O) groups is 2. The molecule has 0 fully saturated rings. The summed E-state index contributed by atoms with van der Waals surface area (Å²) >= 11 is 0. The Morgan fingerprint density at radius 1 is 1.42 bits per heavy atom. The number of hydrogen-bond donors (Lipinski definition) is 2. The van der Waals surface area contributed by atoms with Gasteiger partial charge in [-0.3, -0.25) is 9.59 Å². The molecule has 2 N–H and O–H groups in total. The first-order valence-corrected chi connectivity index (χ1v) is 6.07. The minimum Gasteiger partial charge on any atom is -0.496 e. The van der Waals surface area contributed by atoms with E-state index in [-0.39, 0.29) is 24.8 Å². The summed E-state index contributed by atoms with van der Waals surface area (Å²) in [5.41, 5.74) is 1.76. The summed E-state index contributed by atoms with van der Waals surface area (Å²) in [6.45, 7) is 3.58. The van der Waals surface area contributed by atoms with Gasteiger partial charge in [0.05, 0.1) is 20.0 Å². The first-order chi connectivity index (χ1) is 8.93. The van der Waals surface area contributed by atoms with Gasteiger partial charge < -0.3 is 15.2 Å². The number of benzene rings is 1. The molecule has 104 valence electrons. The third-order valence-electron chi connectivity index (χ3n) is 2.74. The molecule has 1 aromatic carbocycles. The Morgan fingerprint density at radius 3 is 2.68 bits per heavy atom. The van der Waals surface area contributed by atoms with Crippen LogP contribution in [0.4, 0.5) is 0 Å². The van der Waals surface area contributed by atoms with Crippen LogP contribution >= 0.6 is 0 Å². The maximum absolute atomic E-state index is 11.8. The lowest BCUT2D eigenvalue weighted by molar-refractivity contribution is -0.137. The Morgan fingerprint density at radius 2 is 2.11 bits per heavy atom. The fourth-order valence-corrected chi connectivity index (χ4v) is 1.96. The van der Waals surface area contributed by atoms with E-state index < -0.39 is 5.97 Å². The van der Waals surface area contributed by atoms with E-state index in [9.17, 15) is 9.59 Å². The molecule has 0 saturated heterocycles. The van der Waals surface area contributed by atoms with Crippen LogP contribution in [0.3, 0.4) is 0 Å². The second-order valence-corrected chi connectivity index (χ2v) is 4.51. The summed E-state index contributed by atoms with van der Waals surface area (Å²) in [6.07, 6.45) is 0.0888. The van der Waals surface area contributed by atoms with Crippen molar-refractivity contribution in [3.63, 3.8) is 0 Å². The van der Waals surface area contributed by atoms with Gasteiger partial charge >= 0.3 is 5.97 Å². The van der Waals surface area contributed by atoms with E-state index in [2.05, 4.69) is 5.32 Å². The van der Waals surface area contributed by atoms with Crippen molar-refractivity contribution in [3.05, 3.63) is 29.3 Å². The fraction of sp³-hybridized carbons (Fsp3) is 0.429. The summed E-state index contributed by atoms with van der Waals surface area (Å²) in [5.74, 6) is -0.442. The monoisotopic (exact) mass is 265 g/mol. The van der Waals surface area contributed by atoms with E-state index in [0.717, 1.165) is 11.1 Å². The minimum absolute atomic E-state index is 0.0866. The van der Waals surface area contributed by atoms with Gasteiger partial charge in [-0.15, -0.1) is 0 Å². The molecule has 5 nitrogen and oxygen atoms in total. The fourth-order valence-electron chi connectivity index (χ4n) is 1.96. The number of carboxylic acids is 1. The topological polar surface area (TPSA) is 75.6 Å². The Kier molecular flexibility index (Phi) is 5.36. The highest BCUT2D eigenvalue weighted by molar-refractivity contribution is 5.80. The lowest BCUT2D eigenvalue weighted by Gasteiger charge is -2.14. The second kappa shape index (κ2) is 6.78. The van der Waals surface area contributed by atoms with Gasteiger partial charge in [0.1, 0.15) is 5.75 Å². The van der Waals surface area contributed by atoms with Crippen molar-refractivity contribution < 1.29 is 19.4 Å². The van der Waals surface area contributed by atoms with Gasteiger partial charge in [0.15, 0.2) is 0 Å². The maximum Gasteiger partial charge on any atom is 0.305 e. The van der Waals surface area contributed by atoms with Crippen LogP contribution in [0.5, 0.6) is 5.75 Å². The molecule has 0 bridgehead atoms. The molecule has 0 radical (unpaired) electrons. The van der Waals surface area contributed by atoms with E-state index in [4.69, 9.17) is 9.84 Å². The Balaban J connectivity index is 2.67. The van der Waals surface area contributed by atoms with Crippen LogP contribution in [0.25, 0.3) is 0 Å². The first-order valence-electron chi connectivity index (χ1n) is 6.07. The Bertz CT molecular complexity index is 471. The average Bonchev–Trinajstić information content (AvgIpc) is 2.27. The highest BCUT2D eigenvalue weighted by Gasteiger charge is 2.14. The predicted molar refractivity (Wildman–Crippen MR) is 71.3 cm³/mol.